The lowest BCUT2D eigenvalue weighted by molar-refractivity contribution is -0.123. The summed E-state index contributed by atoms with van der Waals surface area (Å²) >= 11 is 0. The number of carbonyl (C=O) groups is 2. The minimum absolute atomic E-state index is 0.160. The summed E-state index contributed by atoms with van der Waals surface area (Å²) in [6.45, 7) is 2.77. The SMILES string of the molecule is CC1CC(C=O)N(C=O)C1. The zero-order valence-electron chi connectivity index (χ0n) is 5.99. The highest BCUT2D eigenvalue weighted by atomic mass is 16.1. The lowest BCUT2D eigenvalue weighted by atomic mass is 10.1. The Morgan fingerprint density at radius 3 is 2.60 bits per heavy atom. The summed E-state index contributed by atoms with van der Waals surface area (Å²) < 4.78 is 0. The number of amides is 1. The summed E-state index contributed by atoms with van der Waals surface area (Å²) in [5.74, 6) is 0.473. The fourth-order valence-electron chi connectivity index (χ4n) is 1.37. The summed E-state index contributed by atoms with van der Waals surface area (Å²) in [7, 11) is 0. The van der Waals surface area contributed by atoms with Crippen molar-refractivity contribution in [2.45, 2.75) is 19.4 Å². The zero-order valence-corrected chi connectivity index (χ0v) is 5.99. The molecule has 2 atom stereocenters. The molecule has 0 aromatic rings. The molecular formula is C7H11NO2. The van der Waals surface area contributed by atoms with Gasteiger partial charge in [0.25, 0.3) is 0 Å². The van der Waals surface area contributed by atoms with Crippen molar-refractivity contribution in [3.8, 4) is 0 Å². The van der Waals surface area contributed by atoms with Crippen LogP contribution in [-0.4, -0.2) is 30.2 Å². The van der Waals surface area contributed by atoms with Gasteiger partial charge in [-0.2, -0.15) is 0 Å². The topological polar surface area (TPSA) is 37.4 Å². The van der Waals surface area contributed by atoms with Crippen LogP contribution in [0.15, 0.2) is 0 Å². The van der Waals surface area contributed by atoms with E-state index in [9.17, 15) is 9.59 Å². The van der Waals surface area contributed by atoms with Gasteiger partial charge in [0.2, 0.25) is 6.41 Å². The van der Waals surface area contributed by atoms with Crippen molar-refractivity contribution in [2.75, 3.05) is 6.54 Å². The quantitative estimate of drug-likeness (QED) is 0.510. The summed E-state index contributed by atoms with van der Waals surface area (Å²) in [4.78, 5) is 22.2. The molecule has 1 rings (SSSR count). The Labute approximate surface area is 60.0 Å². The molecule has 1 amide bonds. The summed E-state index contributed by atoms with van der Waals surface area (Å²) in [6.07, 6.45) is 2.42. The lowest BCUT2D eigenvalue weighted by Crippen LogP contribution is -2.28. The van der Waals surface area contributed by atoms with Crippen molar-refractivity contribution in [1.82, 2.24) is 4.90 Å². The summed E-state index contributed by atoms with van der Waals surface area (Å²) in [5, 5.41) is 0. The maximum atomic E-state index is 10.3. The average molecular weight is 141 g/mol. The molecule has 10 heavy (non-hydrogen) atoms. The van der Waals surface area contributed by atoms with Gasteiger partial charge in [-0.25, -0.2) is 0 Å². The van der Waals surface area contributed by atoms with Gasteiger partial charge in [-0.1, -0.05) is 6.92 Å². The number of aldehydes is 1. The van der Waals surface area contributed by atoms with Gasteiger partial charge in [0.05, 0.1) is 6.04 Å². The van der Waals surface area contributed by atoms with Crippen LogP contribution in [-0.2, 0) is 9.59 Å². The van der Waals surface area contributed by atoms with Crippen molar-refractivity contribution in [3.63, 3.8) is 0 Å². The van der Waals surface area contributed by atoms with E-state index >= 15 is 0 Å². The highest BCUT2D eigenvalue weighted by Gasteiger charge is 2.27. The Bertz CT molecular complexity index is 131. The molecule has 1 heterocycles. The van der Waals surface area contributed by atoms with Crippen LogP contribution in [0.25, 0.3) is 0 Å². The Kier molecular flexibility index (Phi) is 2.04. The highest BCUT2D eigenvalue weighted by Crippen LogP contribution is 2.18. The second-order valence-electron chi connectivity index (χ2n) is 2.85. The first-order valence-electron chi connectivity index (χ1n) is 3.44. The molecule has 1 saturated heterocycles. The molecular weight excluding hydrogens is 130 g/mol. The normalized spacial score (nSPS) is 32.3. The number of hydrogen-bond donors (Lipinski definition) is 0. The Morgan fingerprint density at radius 2 is 2.20 bits per heavy atom. The van der Waals surface area contributed by atoms with Crippen LogP contribution < -0.4 is 0 Å². The average Bonchev–Trinajstić information content (AvgIpc) is 2.30. The van der Waals surface area contributed by atoms with E-state index in [-0.39, 0.29) is 6.04 Å². The first-order chi connectivity index (χ1) is 4.77. The fraction of sp³-hybridized carbons (Fsp3) is 0.714. The van der Waals surface area contributed by atoms with E-state index < -0.39 is 0 Å². The van der Waals surface area contributed by atoms with Crippen molar-refractivity contribution >= 4 is 12.7 Å². The van der Waals surface area contributed by atoms with E-state index in [1.165, 1.54) is 0 Å². The number of hydrogen-bond acceptors (Lipinski definition) is 2. The van der Waals surface area contributed by atoms with Crippen molar-refractivity contribution in [2.24, 2.45) is 5.92 Å². The maximum absolute atomic E-state index is 10.3. The van der Waals surface area contributed by atoms with Crippen LogP contribution >= 0.6 is 0 Å². The van der Waals surface area contributed by atoms with Crippen LogP contribution in [0.2, 0.25) is 0 Å². The first kappa shape index (κ1) is 7.25. The van der Waals surface area contributed by atoms with E-state index in [0.717, 1.165) is 25.7 Å². The molecule has 56 valence electrons. The van der Waals surface area contributed by atoms with Gasteiger partial charge in [0.1, 0.15) is 6.29 Å². The van der Waals surface area contributed by atoms with Gasteiger partial charge in [0.15, 0.2) is 0 Å². The van der Waals surface area contributed by atoms with Crippen molar-refractivity contribution in [1.29, 1.82) is 0 Å². The molecule has 0 bridgehead atoms. The van der Waals surface area contributed by atoms with E-state index in [1.54, 1.807) is 4.90 Å². The second-order valence-corrected chi connectivity index (χ2v) is 2.85. The van der Waals surface area contributed by atoms with Gasteiger partial charge in [-0.05, 0) is 12.3 Å². The highest BCUT2D eigenvalue weighted by molar-refractivity contribution is 5.64. The van der Waals surface area contributed by atoms with Crippen LogP contribution in [0, 0.1) is 5.92 Å². The molecule has 3 nitrogen and oxygen atoms in total. The third-order valence-electron chi connectivity index (χ3n) is 1.88. The third-order valence-corrected chi connectivity index (χ3v) is 1.88. The molecule has 0 radical (unpaired) electrons. The monoisotopic (exact) mass is 141 g/mol. The predicted octanol–water partition coefficient (Wildman–Crippen LogP) is 0.0521. The summed E-state index contributed by atoms with van der Waals surface area (Å²) in [6, 6.07) is -0.160. The fourth-order valence-corrected chi connectivity index (χ4v) is 1.37. The number of nitrogens with zero attached hydrogens (tertiary/aromatic N) is 1. The third kappa shape index (κ3) is 1.17. The van der Waals surface area contributed by atoms with Crippen molar-refractivity contribution in [3.05, 3.63) is 0 Å². The molecule has 1 aliphatic heterocycles. The van der Waals surface area contributed by atoms with Crippen LogP contribution in [0.4, 0.5) is 0 Å². The predicted molar refractivity (Wildman–Crippen MR) is 36.4 cm³/mol. The zero-order chi connectivity index (χ0) is 7.56. The Morgan fingerprint density at radius 1 is 1.50 bits per heavy atom. The minimum atomic E-state index is -0.160. The van der Waals surface area contributed by atoms with Crippen LogP contribution in [0.5, 0.6) is 0 Å². The van der Waals surface area contributed by atoms with Gasteiger partial charge in [-0.15, -0.1) is 0 Å². The van der Waals surface area contributed by atoms with Gasteiger partial charge >= 0.3 is 0 Å². The van der Waals surface area contributed by atoms with Crippen LogP contribution in [0.1, 0.15) is 13.3 Å². The number of carbonyl (C=O) groups excluding carboxylic acids is 2. The number of rotatable bonds is 2. The molecule has 0 N–H and O–H groups in total. The Hall–Kier alpha value is -0.860. The van der Waals surface area contributed by atoms with Crippen molar-refractivity contribution < 1.29 is 9.59 Å². The molecule has 0 aromatic heterocycles. The number of likely N-dealkylation sites (tertiary alicyclic amines) is 1. The van der Waals surface area contributed by atoms with E-state index in [4.69, 9.17) is 0 Å². The molecule has 2 unspecified atom stereocenters. The molecule has 1 fully saturated rings. The summed E-state index contributed by atoms with van der Waals surface area (Å²) in [5.41, 5.74) is 0. The second kappa shape index (κ2) is 2.82. The molecule has 0 aliphatic carbocycles. The van der Waals surface area contributed by atoms with Gasteiger partial charge in [0, 0.05) is 6.54 Å². The molecule has 0 saturated carbocycles. The lowest BCUT2D eigenvalue weighted by Gasteiger charge is -2.12. The Balaban J connectivity index is 2.56. The van der Waals surface area contributed by atoms with Crippen LogP contribution in [0.3, 0.4) is 0 Å². The molecule has 3 heteroatoms. The van der Waals surface area contributed by atoms with Gasteiger partial charge < -0.3 is 9.69 Å². The molecule has 0 spiro atoms. The molecule has 1 aliphatic rings. The largest absolute Gasteiger partial charge is 0.335 e. The van der Waals surface area contributed by atoms with E-state index in [0.29, 0.717) is 5.92 Å². The minimum Gasteiger partial charge on any atom is -0.335 e. The van der Waals surface area contributed by atoms with E-state index in [2.05, 4.69) is 0 Å². The maximum Gasteiger partial charge on any atom is 0.210 e. The first-order valence-corrected chi connectivity index (χ1v) is 3.44. The smallest absolute Gasteiger partial charge is 0.210 e. The molecule has 0 aromatic carbocycles. The van der Waals surface area contributed by atoms with E-state index in [1.807, 2.05) is 6.92 Å². The standard InChI is InChI=1S/C7H11NO2/c1-6-2-7(4-9)8(3-6)5-10/h4-7H,2-3H2,1H3. The van der Waals surface area contributed by atoms with Gasteiger partial charge in [-0.3, -0.25) is 4.79 Å².